The molecule has 1 aliphatic heterocycles. The van der Waals surface area contributed by atoms with Gasteiger partial charge < -0.3 is 10.6 Å². The number of benzene rings is 3. The smallest absolute Gasteiger partial charge is 0.228 e. The second-order valence-electron chi connectivity index (χ2n) is 6.93. The van der Waals surface area contributed by atoms with Gasteiger partial charge in [0, 0.05) is 35.4 Å². The molecule has 0 bridgehead atoms. The van der Waals surface area contributed by atoms with Crippen molar-refractivity contribution >= 4 is 33.1 Å². The molecular formula is C24H23N3O. The number of amides is 1. The van der Waals surface area contributed by atoms with Crippen LogP contribution in [0.2, 0.25) is 0 Å². The summed E-state index contributed by atoms with van der Waals surface area (Å²) in [5, 5.41) is 10.9. The van der Waals surface area contributed by atoms with E-state index in [-0.39, 0.29) is 11.8 Å². The minimum Gasteiger partial charge on any atom is -0.325 e. The van der Waals surface area contributed by atoms with Crippen LogP contribution in [0.3, 0.4) is 0 Å². The van der Waals surface area contributed by atoms with Gasteiger partial charge >= 0.3 is 0 Å². The summed E-state index contributed by atoms with van der Waals surface area (Å²) in [6.45, 7) is 1.70. The first-order valence-corrected chi connectivity index (χ1v) is 9.59. The van der Waals surface area contributed by atoms with E-state index in [2.05, 4.69) is 64.1 Å². The van der Waals surface area contributed by atoms with Crippen LogP contribution in [0, 0.1) is 5.92 Å². The second kappa shape index (κ2) is 8.63. The molecule has 1 aromatic heterocycles. The number of nitrogens with zero attached hydrogens (tertiary/aromatic N) is 1. The Morgan fingerprint density at radius 2 is 1.57 bits per heavy atom. The molecule has 0 unspecified atom stereocenters. The molecule has 1 saturated heterocycles. The standard InChI is InChI=1S/C14H15N3O.C10H8/c18-14(11-4-6-15-9-11)17-13-3-1-2-10-8-16-7-5-12(10)13;1-2-6-10-8-4-3-7-9(10)5-1/h1-3,5,7-8,11,15H,4,6,9H2,(H,17,18);1-8H/t11-;/m1./s1. The molecule has 4 aromatic rings. The van der Waals surface area contributed by atoms with Gasteiger partial charge in [-0.25, -0.2) is 0 Å². The van der Waals surface area contributed by atoms with Crippen LogP contribution in [0.4, 0.5) is 5.69 Å². The highest BCUT2D eigenvalue weighted by atomic mass is 16.1. The number of fused-ring (bicyclic) bond motifs is 2. The van der Waals surface area contributed by atoms with Crippen LogP contribution < -0.4 is 10.6 Å². The van der Waals surface area contributed by atoms with Crippen molar-refractivity contribution in [2.24, 2.45) is 5.92 Å². The van der Waals surface area contributed by atoms with E-state index in [1.165, 1.54) is 10.8 Å². The van der Waals surface area contributed by atoms with E-state index < -0.39 is 0 Å². The van der Waals surface area contributed by atoms with Gasteiger partial charge in [-0.05, 0) is 35.9 Å². The van der Waals surface area contributed by atoms with E-state index in [9.17, 15) is 4.79 Å². The van der Waals surface area contributed by atoms with E-state index in [4.69, 9.17) is 0 Å². The molecule has 2 N–H and O–H groups in total. The number of hydrogen-bond acceptors (Lipinski definition) is 3. The fourth-order valence-corrected chi connectivity index (χ4v) is 3.48. The molecule has 4 nitrogen and oxygen atoms in total. The summed E-state index contributed by atoms with van der Waals surface area (Å²) >= 11 is 0. The van der Waals surface area contributed by atoms with Crippen molar-refractivity contribution in [2.75, 3.05) is 18.4 Å². The number of pyridine rings is 1. The first kappa shape index (κ1) is 18.1. The predicted molar refractivity (Wildman–Crippen MR) is 115 cm³/mol. The molecule has 3 aromatic carbocycles. The van der Waals surface area contributed by atoms with Gasteiger partial charge in [0.2, 0.25) is 5.91 Å². The summed E-state index contributed by atoms with van der Waals surface area (Å²) in [6, 6.07) is 24.5. The number of nitrogens with one attached hydrogen (secondary N) is 2. The van der Waals surface area contributed by atoms with Gasteiger partial charge in [-0.2, -0.15) is 0 Å². The zero-order valence-electron chi connectivity index (χ0n) is 15.6. The Balaban J connectivity index is 0.000000162. The van der Waals surface area contributed by atoms with Crippen LogP contribution in [0.5, 0.6) is 0 Å². The minimum absolute atomic E-state index is 0.0853. The maximum atomic E-state index is 12.1. The lowest BCUT2D eigenvalue weighted by Gasteiger charge is -2.11. The molecule has 1 atom stereocenters. The molecule has 1 amide bonds. The third-order valence-electron chi connectivity index (χ3n) is 5.03. The highest BCUT2D eigenvalue weighted by molar-refractivity contribution is 6.02. The normalized spacial score (nSPS) is 15.8. The molecule has 5 rings (SSSR count). The number of carbonyl (C=O) groups excluding carboxylic acids is 1. The van der Waals surface area contributed by atoms with Gasteiger partial charge in [0.25, 0.3) is 0 Å². The zero-order chi connectivity index (χ0) is 19.2. The zero-order valence-corrected chi connectivity index (χ0v) is 15.6. The fourth-order valence-electron chi connectivity index (χ4n) is 3.48. The lowest BCUT2D eigenvalue weighted by molar-refractivity contribution is -0.119. The lowest BCUT2D eigenvalue weighted by atomic mass is 10.1. The van der Waals surface area contributed by atoms with Gasteiger partial charge in [0.1, 0.15) is 0 Å². The van der Waals surface area contributed by atoms with E-state index in [1.807, 2.05) is 30.5 Å². The first-order chi connectivity index (χ1) is 13.8. The maximum absolute atomic E-state index is 12.1. The maximum Gasteiger partial charge on any atom is 0.228 e. The summed E-state index contributed by atoms with van der Waals surface area (Å²) in [6.07, 6.45) is 4.47. The number of anilines is 1. The number of rotatable bonds is 2. The summed E-state index contributed by atoms with van der Waals surface area (Å²) < 4.78 is 0. The van der Waals surface area contributed by atoms with Gasteiger partial charge in [-0.3, -0.25) is 9.78 Å². The number of hydrogen-bond donors (Lipinski definition) is 2. The van der Waals surface area contributed by atoms with Crippen LogP contribution in [0.1, 0.15) is 6.42 Å². The molecule has 1 aliphatic rings. The Bertz CT molecular complexity index is 1020. The van der Waals surface area contributed by atoms with Crippen molar-refractivity contribution in [2.45, 2.75) is 6.42 Å². The average molecular weight is 369 g/mol. The SMILES string of the molecule is O=C(Nc1cccc2cnccc12)[C@@H]1CCNC1.c1ccc2ccccc2c1. The van der Waals surface area contributed by atoms with E-state index in [1.54, 1.807) is 6.20 Å². The van der Waals surface area contributed by atoms with Crippen molar-refractivity contribution in [3.8, 4) is 0 Å². The summed E-state index contributed by atoms with van der Waals surface area (Å²) in [5.74, 6) is 0.186. The van der Waals surface area contributed by atoms with E-state index in [0.29, 0.717) is 0 Å². The van der Waals surface area contributed by atoms with E-state index in [0.717, 1.165) is 36.0 Å². The molecule has 2 heterocycles. The molecular weight excluding hydrogens is 346 g/mol. The van der Waals surface area contributed by atoms with Crippen molar-refractivity contribution in [3.05, 3.63) is 85.2 Å². The molecule has 28 heavy (non-hydrogen) atoms. The second-order valence-corrected chi connectivity index (χ2v) is 6.93. The number of carbonyl (C=O) groups is 1. The van der Waals surface area contributed by atoms with Gasteiger partial charge in [0.15, 0.2) is 0 Å². The van der Waals surface area contributed by atoms with E-state index >= 15 is 0 Å². The van der Waals surface area contributed by atoms with Crippen LogP contribution >= 0.6 is 0 Å². The third-order valence-corrected chi connectivity index (χ3v) is 5.03. The van der Waals surface area contributed by atoms with Crippen LogP contribution in [-0.4, -0.2) is 24.0 Å². The predicted octanol–water partition coefficient (Wildman–Crippen LogP) is 4.62. The van der Waals surface area contributed by atoms with Crippen molar-refractivity contribution in [3.63, 3.8) is 0 Å². The topological polar surface area (TPSA) is 54.0 Å². The highest BCUT2D eigenvalue weighted by Crippen LogP contribution is 2.23. The molecule has 140 valence electrons. The third kappa shape index (κ3) is 4.18. The summed E-state index contributed by atoms with van der Waals surface area (Å²) in [7, 11) is 0. The van der Waals surface area contributed by atoms with Gasteiger partial charge in [-0.1, -0.05) is 60.7 Å². The van der Waals surface area contributed by atoms with Crippen LogP contribution in [-0.2, 0) is 4.79 Å². The quantitative estimate of drug-likeness (QED) is 0.542. The summed E-state index contributed by atoms with van der Waals surface area (Å²) in [4.78, 5) is 16.2. The Hall–Kier alpha value is -3.24. The molecule has 0 aliphatic carbocycles. The Labute approximate surface area is 164 Å². The van der Waals surface area contributed by atoms with Crippen molar-refractivity contribution < 1.29 is 4.79 Å². The Kier molecular flexibility index (Phi) is 5.59. The molecule has 1 fully saturated rings. The molecule has 4 heteroatoms. The van der Waals surface area contributed by atoms with Crippen LogP contribution in [0.25, 0.3) is 21.5 Å². The fraction of sp³-hybridized carbons (Fsp3) is 0.167. The lowest BCUT2D eigenvalue weighted by Crippen LogP contribution is -2.24. The molecule has 0 spiro atoms. The van der Waals surface area contributed by atoms with Gasteiger partial charge in [-0.15, -0.1) is 0 Å². The molecule has 0 saturated carbocycles. The van der Waals surface area contributed by atoms with Crippen molar-refractivity contribution in [1.29, 1.82) is 0 Å². The number of aromatic nitrogens is 1. The Morgan fingerprint density at radius 3 is 2.21 bits per heavy atom. The monoisotopic (exact) mass is 369 g/mol. The van der Waals surface area contributed by atoms with Gasteiger partial charge in [0.05, 0.1) is 5.92 Å². The largest absolute Gasteiger partial charge is 0.325 e. The van der Waals surface area contributed by atoms with Crippen molar-refractivity contribution in [1.82, 2.24) is 10.3 Å². The Morgan fingerprint density at radius 1 is 0.893 bits per heavy atom. The van der Waals surface area contributed by atoms with Crippen LogP contribution in [0.15, 0.2) is 85.2 Å². The summed E-state index contributed by atoms with van der Waals surface area (Å²) in [5.41, 5.74) is 0.867. The average Bonchev–Trinajstić information content (AvgIpc) is 3.30. The minimum atomic E-state index is 0.0853. The molecule has 0 radical (unpaired) electrons. The highest BCUT2D eigenvalue weighted by Gasteiger charge is 2.22. The first-order valence-electron chi connectivity index (χ1n) is 9.59.